The maximum absolute atomic E-state index is 8.80. The molecule has 0 amide bonds. The largest absolute Gasteiger partial charge is 0.396 e. The summed E-state index contributed by atoms with van der Waals surface area (Å²) >= 11 is 0. The van der Waals surface area contributed by atoms with Crippen LogP contribution in [0.25, 0.3) is 0 Å². The van der Waals surface area contributed by atoms with Gasteiger partial charge in [0, 0.05) is 6.61 Å². The van der Waals surface area contributed by atoms with Gasteiger partial charge in [0.05, 0.1) is 0 Å². The zero-order valence-electron chi connectivity index (χ0n) is 6.84. The first-order valence-electron chi connectivity index (χ1n) is 4.43. The number of rotatable bonds is 3. The molecule has 0 unspecified atom stereocenters. The minimum absolute atomic E-state index is 0.372. The van der Waals surface area contributed by atoms with Crippen molar-refractivity contribution in [2.75, 3.05) is 6.61 Å². The normalized spacial score (nSPS) is 23.4. The highest BCUT2D eigenvalue weighted by Crippen LogP contribution is 2.29. The van der Waals surface area contributed by atoms with Crippen LogP contribution in [0.5, 0.6) is 0 Å². The van der Waals surface area contributed by atoms with Crippen LogP contribution in [0.4, 0.5) is 0 Å². The van der Waals surface area contributed by atoms with Crippen molar-refractivity contribution in [2.24, 2.45) is 11.8 Å². The molecule has 1 N–H and O–H groups in total. The predicted octanol–water partition coefficient (Wildman–Crippen LogP) is 2.20. The lowest BCUT2D eigenvalue weighted by molar-refractivity contribution is 0.213. The Balaban J connectivity index is 2.11. The molecule has 0 spiro atoms. The van der Waals surface area contributed by atoms with Gasteiger partial charge in [0.1, 0.15) is 0 Å². The lowest BCUT2D eigenvalue weighted by atomic mass is 9.95. The van der Waals surface area contributed by atoms with E-state index in [4.69, 9.17) is 5.11 Å². The van der Waals surface area contributed by atoms with Gasteiger partial charge in [-0.3, -0.25) is 0 Å². The molecule has 0 bridgehead atoms. The van der Waals surface area contributed by atoms with Gasteiger partial charge in [-0.1, -0.05) is 32.6 Å². The molecule has 0 aromatic carbocycles. The molecule has 1 fully saturated rings. The molecule has 0 saturated heterocycles. The van der Waals surface area contributed by atoms with Crippen molar-refractivity contribution in [1.82, 2.24) is 0 Å². The van der Waals surface area contributed by atoms with E-state index in [1.165, 1.54) is 32.1 Å². The van der Waals surface area contributed by atoms with Crippen LogP contribution in [0.2, 0.25) is 0 Å². The van der Waals surface area contributed by atoms with Crippen molar-refractivity contribution in [1.29, 1.82) is 0 Å². The maximum atomic E-state index is 8.80. The molecule has 0 aromatic heterocycles. The highest BCUT2D eigenvalue weighted by atomic mass is 16.3. The third-order valence-corrected chi connectivity index (χ3v) is 2.52. The molecule has 0 radical (unpaired) electrons. The van der Waals surface area contributed by atoms with E-state index in [2.05, 4.69) is 6.92 Å². The summed E-state index contributed by atoms with van der Waals surface area (Å²) in [6, 6.07) is 0. The monoisotopic (exact) mass is 142 g/mol. The molecule has 1 heteroatoms. The van der Waals surface area contributed by atoms with Gasteiger partial charge in [-0.15, -0.1) is 0 Å². The lowest BCUT2D eigenvalue weighted by Gasteiger charge is -2.12. The Bertz CT molecular complexity index is 84.7. The molecule has 0 aliphatic heterocycles. The Morgan fingerprint density at radius 2 is 2.00 bits per heavy atom. The minimum Gasteiger partial charge on any atom is -0.396 e. The second kappa shape index (κ2) is 3.97. The second-order valence-electron chi connectivity index (χ2n) is 3.67. The van der Waals surface area contributed by atoms with Crippen LogP contribution in [-0.4, -0.2) is 11.7 Å². The second-order valence-corrected chi connectivity index (χ2v) is 3.67. The van der Waals surface area contributed by atoms with Gasteiger partial charge in [-0.25, -0.2) is 0 Å². The molecule has 1 saturated carbocycles. The fourth-order valence-corrected chi connectivity index (χ4v) is 1.89. The van der Waals surface area contributed by atoms with Crippen LogP contribution in [0, 0.1) is 11.8 Å². The molecule has 1 aliphatic rings. The maximum Gasteiger partial charge on any atom is 0.0456 e. The van der Waals surface area contributed by atoms with Crippen LogP contribution < -0.4 is 0 Å². The summed E-state index contributed by atoms with van der Waals surface area (Å²) in [5.74, 6) is 1.46. The number of hydrogen-bond donors (Lipinski definition) is 1. The van der Waals surface area contributed by atoms with E-state index in [1.807, 2.05) is 0 Å². The van der Waals surface area contributed by atoms with E-state index < -0.39 is 0 Å². The van der Waals surface area contributed by atoms with Gasteiger partial charge in [0.2, 0.25) is 0 Å². The van der Waals surface area contributed by atoms with Crippen molar-refractivity contribution < 1.29 is 5.11 Å². The Hall–Kier alpha value is -0.0400. The highest BCUT2D eigenvalue weighted by Gasteiger charge is 2.16. The molecule has 1 atom stereocenters. The molecule has 1 aliphatic carbocycles. The fourth-order valence-electron chi connectivity index (χ4n) is 1.89. The van der Waals surface area contributed by atoms with Crippen molar-refractivity contribution in [3.05, 3.63) is 0 Å². The molecular weight excluding hydrogens is 124 g/mol. The van der Waals surface area contributed by atoms with Crippen LogP contribution >= 0.6 is 0 Å². The summed E-state index contributed by atoms with van der Waals surface area (Å²) in [7, 11) is 0. The van der Waals surface area contributed by atoms with Crippen molar-refractivity contribution in [2.45, 2.75) is 39.0 Å². The summed E-state index contributed by atoms with van der Waals surface area (Å²) in [4.78, 5) is 0. The van der Waals surface area contributed by atoms with Gasteiger partial charge >= 0.3 is 0 Å². The van der Waals surface area contributed by atoms with Crippen LogP contribution in [0.3, 0.4) is 0 Å². The van der Waals surface area contributed by atoms with Gasteiger partial charge in [0.25, 0.3) is 0 Å². The highest BCUT2D eigenvalue weighted by molar-refractivity contribution is 4.69. The summed E-state index contributed by atoms with van der Waals surface area (Å²) in [5.41, 5.74) is 0. The van der Waals surface area contributed by atoms with E-state index >= 15 is 0 Å². The van der Waals surface area contributed by atoms with Crippen LogP contribution in [0.1, 0.15) is 39.0 Å². The Morgan fingerprint density at radius 3 is 2.50 bits per heavy atom. The van der Waals surface area contributed by atoms with E-state index in [-0.39, 0.29) is 0 Å². The summed E-state index contributed by atoms with van der Waals surface area (Å²) < 4.78 is 0. The molecule has 0 heterocycles. The van der Waals surface area contributed by atoms with Crippen LogP contribution in [-0.2, 0) is 0 Å². The smallest absolute Gasteiger partial charge is 0.0456 e. The molecule has 60 valence electrons. The molecule has 0 aromatic rings. The predicted molar refractivity (Wildman–Crippen MR) is 42.8 cm³/mol. The Labute approximate surface area is 63.4 Å². The van der Waals surface area contributed by atoms with Crippen molar-refractivity contribution >= 4 is 0 Å². The Morgan fingerprint density at radius 1 is 1.40 bits per heavy atom. The topological polar surface area (TPSA) is 20.2 Å². The third-order valence-electron chi connectivity index (χ3n) is 2.52. The number of aliphatic hydroxyl groups excluding tert-OH is 1. The minimum atomic E-state index is 0.372. The Kier molecular flexibility index (Phi) is 3.20. The van der Waals surface area contributed by atoms with E-state index in [0.717, 1.165) is 5.92 Å². The zero-order valence-corrected chi connectivity index (χ0v) is 6.84. The van der Waals surface area contributed by atoms with E-state index in [9.17, 15) is 0 Å². The first-order chi connectivity index (χ1) is 4.83. The summed E-state index contributed by atoms with van der Waals surface area (Å²) in [5, 5.41) is 8.80. The first-order valence-corrected chi connectivity index (χ1v) is 4.43. The average Bonchev–Trinajstić information content (AvgIpc) is 2.40. The first kappa shape index (κ1) is 8.06. The van der Waals surface area contributed by atoms with Gasteiger partial charge in [-0.2, -0.15) is 0 Å². The fraction of sp³-hybridized carbons (Fsp3) is 1.00. The number of hydrogen-bond acceptors (Lipinski definition) is 1. The third kappa shape index (κ3) is 2.30. The van der Waals surface area contributed by atoms with Gasteiger partial charge in [-0.05, 0) is 18.3 Å². The molecular formula is C9H18O. The van der Waals surface area contributed by atoms with Crippen LogP contribution in [0.15, 0.2) is 0 Å². The molecule has 10 heavy (non-hydrogen) atoms. The van der Waals surface area contributed by atoms with Gasteiger partial charge < -0.3 is 5.11 Å². The van der Waals surface area contributed by atoms with Crippen molar-refractivity contribution in [3.63, 3.8) is 0 Å². The zero-order chi connectivity index (χ0) is 7.40. The van der Waals surface area contributed by atoms with E-state index in [0.29, 0.717) is 12.5 Å². The van der Waals surface area contributed by atoms with Crippen molar-refractivity contribution in [3.8, 4) is 0 Å². The quantitative estimate of drug-likeness (QED) is 0.640. The average molecular weight is 142 g/mol. The lowest BCUT2D eigenvalue weighted by Crippen LogP contribution is -2.06. The summed E-state index contributed by atoms with van der Waals surface area (Å²) in [6.07, 6.45) is 6.90. The number of aliphatic hydroxyl groups is 1. The molecule has 1 nitrogen and oxygen atoms in total. The SMILES string of the molecule is C[C@@H](CO)CC1CCCC1. The standard InChI is InChI=1S/C9H18O/c1-8(7-10)6-9-4-2-3-5-9/h8-10H,2-7H2,1H3/t8-/m1/s1. The van der Waals surface area contributed by atoms with E-state index in [1.54, 1.807) is 0 Å². The van der Waals surface area contributed by atoms with Gasteiger partial charge in [0.15, 0.2) is 0 Å². The molecule has 1 rings (SSSR count). The summed E-state index contributed by atoms with van der Waals surface area (Å²) in [6.45, 7) is 2.51.